The molecule has 0 saturated heterocycles. The van der Waals surface area contributed by atoms with Crippen molar-refractivity contribution in [3.05, 3.63) is 24.0 Å². The number of nitrogens with one attached hydrogen (secondary N) is 1. The van der Waals surface area contributed by atoms with Crippen molar-refractivity contribution in [2.45, 2.75) is 13.3 Å². The largest absolute Gasteiger partial charge is 0.369 e. The van der Waals surface area contributed by atoms with Crippen LogP contribution < -0.4 is 10.2 Å². The van der Waals surface area contributed by atoms with Gasteiger partial charge < -0.3 is 14.7 Å². The number of anilines is 2. The summed E-state index contributed by atoms with van der Waals surface area (Å²) in [7, 11) is 3.81. The lowest BCUT2D eigenvalue weighted by Gasteiger charge is -2.11. The first kappa shape index (κ1) is 12.3. The van der Waals surface area contributed by atoms with Gasteiger partial charge in [0.25, 0.3) is 0 Å². The minimum Gasteiger partial charge on any atom is -0.369 e. The van der Waals surface area contributed by atoms with E-state index in [0.29, 0.717) is 30.6 Å². The molecule has 96 valence electrons. The van der Waals surface area contributed by atoms with Crippen molar-refractivity contribution < 1.29 is 4.52 Å². The smallest absolute Gasteiger partial charge is 0.226 e. The van der Waals surface area contributed by atoms with Crippen molar-refractivity contribution in [2.75, 3.05) is 30.9 Å². The van der Waals surface area contributed by atoms with Gasteiger partial charge in [-0.3, -0.25) is 0 Å². The van der Waals surface area contributed by atoms with Gasteiger partial charge in [-0.2, -0.15) is 9.97 Å². The van der Waals surface area contributed by atoms with E-state index in [4.69, 9.17) is 4.52 Å². The molecule has 7 nitrogen and oxygen atoms in total. The molecule has 0 spiro atoms. The summed E-state index contributed by atoms with van der Waals surface area (Å²) >= 11 is 0. The molecule has 0 atom stereocenters. The van der Waals surface area contributed by atoms with Crippen LogP contribution in [0.3, 0.4) is 0 Å². The maximum Gasteiger partial charge on any atom is 0.226 e. The van der Waals surface area contributed by atoms with Gasteiger partial charge >= 0.3 is 0 Å². The molecule has 0 amide bonds. The lowest BCUT2D eigenvalue weighted by molar-refractivity contribution is 0.387. The zero-order valence-electron chi connectivity index (χ0n) is 10.7. The lowest BCUT2D eigenvalue weighted by atomic mass is 10.4. The summed E-state index contributed by atoms with van der Waals surface area (Å²) in [4.78, 5) is 14.5. The maximum absolute atomic E-state index is 4.90. The van der Waals surface area contributed by atoms with E-state index in [1.165, 1.54) is 0 Å². The van der Waals surface area contributed by atoms with E-state index in [0.717, 1.165) is 5.82 Å². The highest BCUT2D eigenvalue weighted by Crippen LogP contribution is 2.07. The summed E-state index contributed by atoms with van der Waals surface area (Å²) < 4.78 is 4.90. The molecule has 1 N–H and O–H groups in total. The SMILES string of the molecule is Cc1nc(CCNc2ccnc(N(C)C)n2)no1. The van der Waals surface area contributed by atoms with Crippen LogP contribution in [0.2, 0.25) is 0 Å². The monoisotopic (exact) mass is 248 g/mol. The third-order valence-electron chi connectivity index (χ3n) is 2.27. The minimum atomic E-state index is 0.585. The van der Waals surface area contributed by atoms with Crippen molar-refractivity contribution in [2.24, 2.45) is 0 Å². The molecule has 0 saturated carbocycles. The normalized spacial score (nSPS) is 10.4. The summed E-state index contributed by atoms with van der Waals surface area (Å²) in [6, 6.07) is 1.83. The molecule has 2 rings (SSSR count). The number of hydrogen-bond acceptors (Lipinski definition) is 7. The van der Waals surface area contributed by atoms with Gasteiger partial charge in [0, 0.05) is 40.2 Å². The Morgan fingerprint density at radius 2 is 2.17 bits per heavy atom. The third-order valence-corrected chi connectivity index (χ3v) is 2.27. The summed E-state index contributed by atoms with van der Waals surface area (Å²) in [5.41, 5.74) is 0. The van der Waals surface area contributed by atoms with Crippen LogP contribution in [0.4, 0.5) is 11.8 Å². The maximum atomic E-state index is 4.90. The van der Waals surface area contributed by atoms with Gasteiger partial charge in [0.15, 0.2) is 5.82 Å². The quantitative estimate of drug-likeness (QED) is 0.841. The van der Waals surface area contributed by atoms with E-state index >= 15 is 0 Å². The van der Waals surface area contributed by atoms with E-state index in [9.17, 15) is 0 Å². The van der Waals surface area contributed by atoms with E-state index in [-0.39, 0.29) is 0 Å². The molecule has 18 heavy (non-hydrogen) atoms. The molecule has 2 heterocycles. The van der Waals surface area contributed by atoms with Crippen LogP contribution in [0.25, 0.3) is 0 Å². The topological polar surface area (TPSA) is 80.0 Å². The number of aryl methyl sites for hydroxylation is 1. The van der Waals surface area contributed by atoms with Crippen LogP contribution in [0.1, 0.15) is 11.7 Å². The summed E-state index contributed by atoms with van der Waals surface area (Å²) in [5, 5.41) is 7.02. The predicted octanol–water partition coefficient (Wildman–Crippen LogP) is 0.889. The van der Waals surface area contributed by atoms with Gasteiger partial charge in [0.05, 0.1) is 0 Å². The van der Waals surface area contributed by atoms with Crippen LogP contribution in [0.5, 0.6) is 0 Å². The highest BCUT2D eigenvalue weighted by Gasteiger charge is 2.03. The van der Waals surface area contributed by atoms with Gasteiger partial charge in [-0.1, -0.05) is 5.16 Å². The molecule has 0 radical (unpaired) electrons. The first-order chi connectivity index (χ1) is 8.65. The molecule has 0 aliphatic rings. The van der Waals surface area contributed by atoms with E-state index < -0.39 is 0 Å². The van der Waals surface area contributed by atoms with Crippen LogP contribution in [0.15, 0.2) is 16.8 Å². The highest BCUT2D eigenvalue weighted by molar-refractivity contribution is 5.40. The zero-order chi connectivity index (χ0) is 13.0. The first-order valence-corrected chi connectivity index (χ1v) is 5.68. The Morgan fingerprint density at radius 1 is 1.33 bits per heavy atom. The second-order valence-electron chi connectivity index (χ2n) is 4.04. The predicted molar refractivity (Wildman–Crippen MR) is 67.6 cm³/mol. The van der Waals surface area contributed by atoms with Gasteiger partial charge in [0.2, 0.25) is 11.8 Å². The fourth-order valence-corrected chi connectivity index (χ4v) is 1.41. The Hall–Kier alpha value is -2.18. The molecule has 0 aliphatic heterocycles. The Labute approximate surface area is 105 Å². The van der Waals surface area contributed by atoms with Crippen LogP contribution >= 0.6 is 0 Å². The molecule has 0 unspecified atom stereocenters. The summed E-state index contributed by atoms with van der Waals surface area (Å²) in [6.45, 7) is 2.47. The lowest BCUT2D eigenvalue weighted by Crippen LogP contribution is -2.14. The average Bonchev–Trinajstić information content (AvgIpc) is 2.75. The Kier molecular flexibility index (Phi) is 3.71. The molecular formula is C11H16N6O. The third kappa shape index (κ3) is 3.16. The molecule has 0 aliphatic carbocycles. The number of rotatable bonds is 5. The molecule has 0 fully saturated rings. The second-order valence-corrected chi connectivity index (χ2v) is 4.04. The van der Waals surface area contributed by atoms with Crippen LogP contribution in [-0.4, -0.2) is 40.7 Å². The van der Waals surface area contributed by atoms with Crippen LogP contribution in [-0.2, 0) is 6.42 Å². The molecule has 2 aromatic heterocycles. The highest BCUT2D eigenvalue weighted by atomic mass is 16.5. The number of nitrogens with zero attached hydrogens (tertiary/aromatic N) is 5. The van der Waals surface area contributed by atoms with Crippen LogP contribution in [0, 0.1) is 6.92 Å². The second kappa shape index (κ2) is 5.44. The van der Waals surface area contributed by atoms with Crippen molar-refractivity contribution in [3.63, 3.8) is 0 Å². The number of hydrogen-bond donors (Lipinski definition) is 1. The fraction of sp³-hybridized carbons (Fsp3) is 0.455. The van der Waals surface area contributed by atoms with Crippen molar-refractivity contribution >= 4 is 11.8 Å². The Balaban J connectivity index is 1.88. The van der Waals surface area contributed by atoms with Gasteiger partial charge in [-0.15, -0.1) is 0 Å². The van der Waals surface area contributed by atoms with Gasteiger partial charge in [-0.05, 0) is 6.07 Å². The Morgan fingerprint density at radius 3 is 2.83 bits per heavy atom. The Bertz CT molecular complexity index is 510. The average molecular weight is 248 g/mol. The molecule has 0 aromatic carbocycles. The van der Waals surface area contributed by atoms with Gasteiger partial charge in [0.1, 0.15) is 5.82 Å². The molecule has 7 heteroatoms. The molecule has 0 bridgehead atoms. The minimum absolute atomic E-state index is 0.585. The van der Waals surface area contributed by atoms with Gasteiger partial charge in [-0.25, -0.2) is 4.98 Å². The van der Waals surface area contributed by atoms with E-state index in [1.54, 1.807) is 13.1 Å². The van der Waals surface area contributed by atoms with E-state index in [2.05, 4.69) is 25.4 Å². The number of aromatic nitrogens is 4. The fourth-order valence-electron chi connectivity index (χ4n) is 1.41. The van der Waals surface area contributed by atoms with Crippen molar-refractivity contribution in [3.8, 4) is 0 Å². The van der Waals surface area contributed by atoms with E-state index in [1.807, 2.05) is 25.1 Å². The summed E-state index contributed by atoms with van der Waals surface area (Å²) in [6.07, 6.45) is 2.42. The molecular weight excluding hydrogens is 232 g/mol. The van der Waals surface area contributed by atoms with Crippen molar-refractivity contribution in [1.29, 1.82) is 0 Å². The van der Waals surface area contributed by atoms with Crippen molar-refractivity contribution in [1.82, 2.24) is 20.1 Å². The summed E-state index contributed by atoms with van der Waals surface area (Å²) in [5.74, 6) is 2.74. The molecule has 2 aromatic rings. The standard InChI is InChI=1S/C11H16N6O/c1-8-14-10(16-18-8)5-6-12-9-4-7-13-11(15-9)17(2)3/h4,7H,5-6H2,1-3H3,(H,12,13,15). The zero-order valence-corrected chi connectivity index (χ0v) is 10.7. The first-order valence-electron chi connectivity index (χ1n) is 5.68.